The van der Waals surface area contributed by atoms with Gasteiger partial charge in [-0.25, -0.2) is 0 Å². The van der Waals surface area contributed by atoms with Crippen LogP contribution in [-0.2, 0) is 5.41 Å². The lowest BCUT2D eigenvalue weighted by Gasteiger charge is -2.35. The molecule has 0 aromatic heterocycles. The molecule has 302 valence electrons. The van der Waals surface area contributed by atoms with E-state index in [1.807, 2.05) is 6.07 Å². The van der Waals surface area contributed by atoms with Crippen LogP contribution in [0.25, 0.3) is 50.1 Å². The molecule has 0 saturated heterocycles. The van der Waals surface area contributed by atoms with E-state index in [4.69, 9.17) is 9.47 Å². The smallest absolute Gasteiger partial charge is 0.194 e. The van der Waals surface area contributed by atoms with Crippen molar-refractivity contribution in [3.8, 4) is 67.5 Å². The first-order valence-corrected chi connectivity index (χ1v) is 22.2. The highest BCUT2D eigenvalue weighted by Gasteiger charge is 2.54. The van der Waals surface area contributed by atoms with E-state index in [-0.39, 0.29) is 0 Å². The molecule has 0 bridgehead atoms. The number of para-hydroxylation sites is 2. The summed E-state index contributed by atoms with van der Waals surface area (Å²) in [7, 11) is 0. The average Bonchev–Trinajstić information content (AvgIpc) is 3.84. The minimum atomic E-state index is -0.610. The monoisotopic (exact) mass is 819 g/mol. The molecule has 0 radical (unpaired) electrons. The molecule has 64 heavy (non-hydrogen) atoms. The van der Waals surface area contributed by atoms with Crippen LogP contribution in [0.15, 0.2) is 224 Å². The van der Waals surface area contributed by atoms with Gasteiger partial charge in [0.05, 0.1) is 22.5 Å². The third-order valence-corrected chi connectivity index (χ3v) is 13.6. The van der Waals surface area contributed by atoms with Crippen molar-refractivity contribution in [1.82, 2.24) is 0 Å². The molecule has 13 rings (SSSR count). The van der Waals surface area contributed by atoms with Gasteiger partial charge in [0, 0.05) is 16.7 Å². The maximum Gasteiger partial charge on any atom is 0.194 e. The van der Waals surface area contributed by atoms with Gasteiger partial charge in [0.1, 0.15) is 0 Å². The zero-order valence-electron chi connectivity index (χ0n) is 35.0. The van der Waals surface area contributed by atoms with E-state index in [0.29, 0.717) is 17.2 Å². The highest BCUT2D eigenvalue weighted by Crippen LogP contribution is 2.68. The third kappa shape index (κ3) is 5.34. The van der Waals surface area contributed by atoms with Gasteiger partial charge in [0.2, 0.25) is 0 Å². The molecule has 1 heterocycles. The normalized spacial score (nSPS) is 14.2. The summed E-state index contributed by atoms with van der Waals surface area (Å²) in [4.78, 5) is 2.41. The SMILES string of the molecule is C1=CCCC(c2ccccc2N(c2ccc(-c3ccccc3)cc2-c2ccccc2)c2cccc3c2Oc2c(ccc4c2C2(c5ccccc5-c5ccccc52)c2ccccc2-4)O3)=C1. The molecule has 0 N–H and O–H groups in total. The van der Waals surface area contributed by atoms with Crippen LogP contribution in [0.5, 0.6) is 23.0 Å². The van der Waals surface area contributed by atoms with Gasteiger partial charge in [-0.05, 0) is 110 Å². The van der Waals surface area contributed by atoms with Gasteiger partial charge in [-0.2, -0.15) is 0 Å². The molecule has 0 fully saturated rings. The Morgan fingerprint density at radius 2 is 0.969 bits per heavy atom. The maximum absolute atomic E-state index is 7.65. The van der Waals surface area contributed by atoms with E-state index in [1.165, 1.54) is 50.1 Å². The quantitative estimate of drug-likeness (QED) is 0.167. The molecule has 1 spiro atoms. The molecule has 0 unspecified atom stereocenters. The molecule has 9 aromatic carbocycles. The van der Waals surface area contributed by atoms with Crippen molar-refractivity contribution in [1.29, 1.82) is 0 Å². The fourth-order valence-electron chi connectivity index (χ4n) is 10.9. The summed E-state index contributed by atoms with van der Waals surface area (Å²) in [6, 6.07) is 74.4. The number of ether oxygens (including phenoxy) is 2. The first-order valence-electron chi connectivity index (χ1n) is 22.2. The number of benzene rings is 9. The van der Waals surface area contributed by atoms with E-state index < -0.39 is 5.41 Å². The summed E-state index contributed by atoms with van der Waals surface area (Å²) in [5.41, 5.74) is 19.2. The number of allylic oxidation sites excluding steroid dienone is 4. The molecule has 9 aromatic rings. The van der Waals surface area contributed by atoms with E-state index in [1.54, 1.807) is 0 Å². The number of fused-ring (bicyclic) bond motifs is 13. The van der Waals surface area contributed by atoms with Gasteiger partial charge in [-0.15, -0.1) is 0 Å². The Morgan fingerprint density at radius 1 is 0.391 bits per heavy atom. The zero-order valence-corrected chi connectivity index (χ0v) is 35.0. The van der Waals surface area contributed by atoms with Crippen molar-refractivity contribution in [2.75, 3.05) is 4.90 Å². The van der Waals surface area contributed by atoms with Crippen LogP contribution in [0, 0.1) is 0 Å². The van der Waals surface area contributed by atoms with Crippen molar-refractivity contribution in [3.63, 3.8) is 0 Å². The number of rotatable bonds is 6. The molecule has 4 aliphatic rings. The second-order valence-electron chi connectivity index (χ2n) is 17.0. The fraction of sp³-hybridized carbons (Fsp3) is 0.0492. The van der Waals surface area contributed by atoms with Crippen LogP contribution < -0.4 is 14.4 Å². The predicted octanol–water partition coefficient (Wildman–Crippen LogP) is 16.5. The first-order chi connectivity index (χ1) is 31.8. The van der Waals surface area contributed by atoms with E-state index in [0.717, 1.165) is 63.5 Å². The third-order valence-electron chi connectivity index (χ3n) is 13.6. The Kier molecular flexibility index (Phi) is 8.26. The van der Waals surface area contributed by atoms with E-state index in [2.05, 4.69) is 223 Å². The van der Waals surface area contributed by atoms with Gasteiger partial charge < -0.3 is 14.4 Å². The fourth-order valence-corrected chi connectivity index (χ4v) is 10.9. The summed E-state index contributed by atoms with van der Waals surface area (Å²) in [5.74, 6) is 2.80. The van der Waals surface area contributed by atoms with Crippen molar-refractivity contribution in [2.24, 2.45) is 0 Å². The first kappa shape index (κ1) is 36.5. The summed E-state index contributed by atoms with van der Waals surface area (Å²) in [5, 5.41) is 0. The molecule has 0 saturated carbocycles. The summed E-state index contributed by atoms with van der Waals surface area (Å²) in [6.45, 7) is 0. The second kappa shape index (κ2) is 14.5. The van der Waals surface area contributed by atoms with Crippen LogP contribution >= 0.6 is 0 Å². The van der Waals surface area contributed by atoms with Gasteiger partial charge in [-0.1, -0.05) is 188 Å². The van der Waals surface area contributed by atoms with E-state index >= 15 is 0 Å². The van der Waals surface area contributed by atoms with Crippen LogP contribution in [0.1, 0.15) is 40.7 Å². The Morgan fingerprint density at radius 3 is 1.66 bits per heavy atom. The van der Waals surface area contributed by atoms with Crippen LogP contribution in [-0.4, -0.2) is 0 Å². The van der Waals surface area contributed by atoms with Crippen LogP contribution in [0.2, 0.25) is 0 Å². The molecule has 0 amide bonds. The van der Waals surface area contributed by atoms with Crippen LogP contribution in [0.3, 0.4) is 0 Å². The lowest BCUT2D eigenvalue weighted by molar-refractivity contribution is 0.355. The topological polar surface area (TPSA) is 21.7 Å². The number of hydrogen-bond acceptors (Lipinski definition) is 3. The number of nitrogens with zero attached hydrogens (tertiary/aromatic N) is 1. The van der Waals surface area contributed by atoms with Crippen LogP contribution in [0.4, 0.5) is 17.1 Å². The summed E-state index contributed by atoms with van der Waals surface area (Å²) >= 11 is 0. The van der Waals surface area contributed by atoms with Gasteiger partial charge in [-0.3, -0.25) is 0 Å². The Labute approximate surface area is 373 Å². The van der Waals surface area contributed by atoms with Crippen molar-refractivity contribution in [3.05, 3.63) is 252 Å². The maximum atomic E-state index is 7.65. The van der Waals surface area contributed by atoms with Crippen molar-refractivity contribution >= 4 is 22.6 Å². The largest absolute Gasteiger partial charge is 0.449 e. The van der Waals surface area contributed by atoms with E-state index in [9.17, 15) is 0 Å². The minimum absolute atomic E-state index is 0.610. The number of anilines is 3. The lowest BCUT2D eigenvalue weighted by atomic mass is 9.70. The number of hydrogen-bond donors (Lipinski definition) is 0. The highest BCUT2D eigenvalue weighted by molar-refractivity contribution is 5.99. The summed E-state index contributed by atoms with van der Waals surface area (Å²) in [6.07, 6.45) is 8.66. The highest BCUT2D eigenvalue weighted by atomic mass is 16.6. The minimum Gasteiger partial charge on any atom is -0.449 e. The Hall–Kier alpha value is -8.14. The van der Waals surface area contributed by atoms with Gasteiger partial charge in [0.15, 0.2) is 23.0 Å². The molecule has 3 heteroatoms. The second-order valence-corrected chi connectivity index (χ2v) is 17.0. The molecule has 3 nitrogen and oxygen atoms in total. The van der Waals surface area contributed by atoms with Gasteiger partial charge >= 0.3 is 0 Å². The molecular weight excluding hydrogens is 779 g/mol. The summed E-state index contributed by atoms with van der Waals surface area (Å²) < 4.78 is 14.8. The Bertz CT molecular complexity index is 3330. The standard InChI is InChI=1S/C61H41NO2/c1-4-19-40(20-5-1)43-35-37-54(49(39-43)42-23-8-3-9-24-42)62(53-32-17-13-25-44(53)41-21-6-2-7-22-41)55-33-18-34-56-59(55)64-60-57(63-56)38-36-48-47-28-12-16-31-52(47)61(58(48)60)50-29-14-10-26-45(50)46-27-11-15-30-51(46)61/h1-6,8-21,23-39H,7,22H2. The van der Waals surface area contributed by atoms with Crippen molar-refractivity contribution in [2.45, 2.75) is 18.3 Å². The van der Waals surface area contributed by atoms with Gasteiger partial charge in [0.25, 0.3) is 0 Å². The molecule has 1 aliphatic heterocycles. The molecule has 0 atom stereocenters. The molecule has 3 aliphatic carbocycles. The Balaban J connectivity index is 1.07. The average molecular weight is 820 g/mol. The van der Waals surface area contributed by atoms with Crippen molar-refractivity contribution < 1.29 is 9.47 Å². The molecular formula is C61H41NO2. The predicted molar refractivity (Wildman–Crippen MR) is 261 cm³/mol. The zero-order chi connectivity index (χ0) is 42.2. The lowest BCUT2D eigenvalue weighted by Crippen LogP contribution is -2.27.